The van der Waals surface area contributed by atoms with Gasteiger partial charge in [0.05, 0.1) is 40.3 Å². The molecule has 9 heteroatoms. The molecular weight excluding hydrogens is 464 g/mol. The van der Waals surface area contributed by atoms with E-state index in [0.29, 0.717) is 12.1 Å². The number of H-pyrrole nitrogens is 2. The summed E-state index contributed by atoms with van der Waals surface area (Å²) in [6, 6.07) is 12.0. The van der Waals surface area contributed by atoms with Crippen LogP contribution in [-0.2, 0) is 11.2 Å². The van der Waals surface area contributed by atoms with Crippen molar-refractivity contribution in [1.82, 2.24) is 35.1 Å². The minimum atomic E-state index is 0.0687. The van der Waals surface area contributed by atoms with Crippen LogP contribution in [-0.4, -0.2) is 41.0 Å². The lowest BCUT2D eigenvalue weighted by Gasteiger charge is -2.07. The predicted molar refractivity (Wildman–Crippen MR) is 141 cm³/mol. The molecular formula is C28H22N8O. The van der Waals surface area contributed by atoms with E-state index in [2.05, 4.69) is 41.5 Å². The molecule has 5 aromatic heterocycles. The molecule has 1 amide bonds. The first-order valence-electron chi connectivity index (χ1n) is 12.2. The second kappa shape index (κ2) is 8.63. The number of imidazole rings is 1. The monoisotopic (exact) mass is 486 g/mol. The Hall–Kier alpha value is -4.92. The van der Waals surface area contributed by atoms with E-state index in [1.54, 1.807) is 24.8 Å². The van der Waals surface area contributed by atoms with Crippen LogP contribution in [0.4, 0.5) is 5.69 Å². The molecule has 0 bridgehead atoms. The molecule has 0 atom stereocenters. The summed E-state index contributed by atoms with van der Waals surface area (Å²) in [6.07, 6.45) is 13.1. The van der Waals surface area contributed by atoms with Crippen LogP contribution in [0.25, 0.3) is 44.2 Å². The number of fused-ring (bicyclic) bond motifs is 2. The zero-order chi connectivity index (χ0) is 24.8. The molecule has 0 aliphatic heterocycles. The number of rotatable bonds is 6. The largest absolute Gasteiger partial charge is 0.340 e. The van der Waals surface area contributed by atoms with Gasteiger partial charge in [-0.2, -0.15) is 5.10 Å². The van der Waals surface area contributed by atoms with Gasteiger partial charge in [-0.25, -0.2) is 4.98 Å². The van der Waals surface area contributed by atoms with Gasteiger partial charge < -0.3 is 10.3 Å². The molecule has 1 saturated carbocycles. The topological polar surface area (TPSA) is 125 Å². The van der Waals surface area contributed by atoms with Crippen LogP contribution in [0.3, 0.4) is 0 Å². The maximum absolute atomic E-state index is 12.2. The van der Waals surface area contributed by atoms with E-state index in [-0.39, 0.29) is 11.8 Å². The van der Waals surface area contributed by atoms with Gasteiger partial charge >= 0.3 is 0 Å². The van der Waals surface area contributed by atoms with Gasteiger partial charge in [0.2, 0.25) is 5.91 Å². The second-order valence-corrected chi connectivity index (χ2v) is 9.35. The molecule has 1 aliphatic rings. The predicted octanol–water partition coefficient (Wildman–Crippen LogP) is 4.90. The third kappa shape index (κ3) is 4.10. The van der Waals surface area contributed by atoms with E-state index in [1.165, 1.54) is 0 Å². The zero-order valence-electron chi connectivity index (χ0n) is 19.8. The van der Waals surface area contributed by atoms with Gasteiger partial charge in [0.1, 0.15) is 5.82 Å². The van der Waals surface area contributed by atoms with E-state index in [1.807, 2.05) is 42.7 Å². The molecule has 3 N–H and O–H groups in total. The third-order valence-corrected chi connectivity index (χ3v) is 6.68. The number of anilines is 1. The first kappa shape index (κ1) is 21.4. The molecule has 1 fully saturated rings. The molecule has 0 saturated heterocycles. The second-order valence-electron chi connectivity index (χ2n) is 9.35. The summed E-state index contributed by atoms with van der Waals surface area (Å²) in [5, 5.41) is 11.7. The normalized spacial score (nSPS) is 13.3. The number of amides is 1. The van der Waals surface area contributed by atoms with E-state index in [0.717, 1.165) is 68.6 Å². The van der Waals surface area contributed by atoms with Crippen molar-refractivity contribution in [1.29, 1.82) is 0 Å². The Morgan fingerprint density at radius 3 is 2.70 bits per heavy atom. The summed E-state index contributed by atoms with van der Waals surface area (Å²) >= 11 is 0. The van der Waals surface area contributed by atoms with Crippen molar-refractivity contribution in [3.63, 3.8) is 0 Å². The van der Waals surface area contributed by atoms with Crippen LogP contribution in [0.15, 0.2) is 73.6 Å². The smallest absolute Gasteiger partial charge is 0.227 e. The van der Waals surface area contributed by atoms with Crippen LogP contribution >= 0.6 is 0 Å². The van der Waals surface area contributed by atoms with Crippen LogP contribution in [0.5, 0.6) is 0 Å². The molecule has 6 aromatic rings. The third-order valence-electron chi connectivity index (χ3n) is 6.68. The van der Waals surface area contributed by atoms with Crippen molar-refractivity contribution in [2.24, 2.45) is 5.92 Å². The molecule has 1 aromatic carbocycles. The summed E-state index contributed by atoms with van der Waals surface area (Å²) in [5.74, 6) is 1.03. The van der Waals surface area contributed by atoms with Crippen LogP contribution < -0.4 is 5.32 Å². The van der Waals surface area contributed by atoms with Crippen LogP contribution in [0, 0.1) is 5.92 Å². The summed E-state index contributed by atoms with van der Waals surface area (Å²) in [7, 11) is 0. The van der Waals surface area contributed by atoms with Crippen molar-refractivity contribution < 1.29 is 4.79 Å². The maximum atomic E-state index is 12.2. The van der Waals surface area contributed by atoms with Crippen molar-refractivity contribution in [2.45, 2.75) is 19.3 Å². The Morgan fingerprint density at radius 2 is 1.84 bits per heavy atom. The number of pyridine rings is 3. The molecule has 5 heterocycles. The van der Waals surface area contributed by atoms with E-state index < -0.39 is 0 Å². The highest BCUT2D eigenvalue weighted by molar-refractivity contribution is 5.95. The standard InChI is InChI=1S/C28H22N8O/c37-28(16-3-4-16)32-20-8-19(12-30-13-20)17-5-6-23-21(9-17)24(36-35-23)10-26-33-25-15-31-14-22(27(25)34-26)18-2-1-7-29-11-18/h1-2,5-9,11-16H,3-4,10H2,(H,32,37)(H,33,34)(H,35,36). The van der Waals surface area contributed by atoms with E-state index in [9.17, 15) is 4.79 Å². The number of hydrogen-bond donors (Lipinski definition) is 3. The van der Waals surface area contributed by atoms with Gasteiger partial charge in [-0.3, -0.25) is 24.8 Å². The van der Waals surface area contributed by atoms with Gasteiger partial charge in [-0.1, -0.05) is 12.1 Å². The highest BCUT2D eigenvalue weighted by Crippen LogP contribution is 2.32. The molecule has 0 radical (unpaired) electrons. The number of hydrogen-bond acceptors (Lipinski definition) is 6. The van der Waals surface area contributed by atoms with Gasteiger partial charge in [0.15, 0.2) is 0 Å². The molecule has 0 unspecified atom stereocenters. The minimum absolute atomic E-state index is 0.0687. The summed E-state index contributed by atoms with van der Waals surface area (Å²) < 4.78 is 0. The van der Waals surface area contributed by atoms with Crippen molar-refractivity contribution >= 4 is 33.5 Å². The fourth-order valence-corrected chi connectivity index (χ4v) is 4.60. The van der Waals surface area contributed by atoms with Crippen LogP contribution in [0.2, 0.25) is 0 Å². The zero-order valence-corrected chi connectivity index (χ0v) is 19.8. The highest BCUT2D eigenvalue weighted by Gasteiger charge is 2.29. The first-order valence-corrected chi connectivity index (χ1v) is 12.2. The molecule has 37 heavy (non-hydrogen) atoms. The Morgan fingerprint density at radius 1 is 0.946 bits per heavy atom. The molecule has 0 spiro atoms. The van der Waals surface area contributed by atoms with Crippen molar-refractivity contribution in [2.75, 3.05) is 5.32 Å². The average Bonchev–Trinajstić information content (AvgIpc) is 3.60. The Kier molecular flexibility index (Phi) is 4.99. The minimum Gasteiger partial charge on any atom is -0.340 e. The van der Waals surface area contributed by atoms with Crippen molar-refractivity contribution in [3.8, 4) is 22.3 Å². The van der Waals surface area contributed by atoms with Crippen LogP contribution in [0.1, 0.15) is 24.4 Å². The number of aromatic amines is 2. The Balaban J connectivity index is 1.20. The lowest BCUT2D eigenvalue weighted by Crippen LogP contribution is -2.13. The summed E-state index contributed by atoms with van der Waals surface area (Å²) in [6.45, 7) is 0. The summed E-state index contributed by atoms with van der Waals surface area (Å²) in [5.41, 5.74) is 8.11. The number of aromatic nitrogens is 7. The Bertz CT molecular complexity index is 1770. The average molecular weight is 487 g/mol. The Labute approximate surface area is 211 Å². The lowest BCUT2D eigenvalue weighted by molar-refractivity contribution is -0.117. The number of nitrogens with zero attached hydrogens (tertiary/aromatic N) is 5. The molecule has 7 rings (SSSR count). The fourth-order valence-electron chi connectivity index (χ4n) is 4.60. The number of carbonyl (C=O) groups is 1. The van der Waals surface area contributed by atoms with Gasteiger partial charge in [-0.05, 0) is 42.7 Å². The SMILES string of the molecule is O=C(Nc1cncc(-c2ccc3n[nH]c(Cc4nc5c(-c6cccnc6)cncc5[nH]4)c3c2)c1)C1CC1. The number of nitrogens with one attached hydrogen (secondary N) is 3. The number of benzene rings is 1. The quantitative estimate of drug-likeness (QED) is 0.308. The maximum Gasteiger partial charge on any atom is 0.227 e. The van der Waals surface area contributed by atoms with E-state index in [4.69, 9.17) is 4.98 Å². The lowest BCUT2D eigenvalue weighted by atomic mass is 10.0. The van der Waals surface area contributed by atoms with Gasteiger partial charge in [0.25, 0.3) is 0 Å². The molecule has 9 nitrogen and oxygen atoms in total. The van der Waals surface area contributed by atoms with E-state index >= 15 is 0 Å². The fraction of sp³-hybridized carbons (Fsp3) is 0.143. The molecule has 1 aliphatic carbocycles. The summed E-state index contributed by atoms with van der Waals surface area (Å²) in [4.78, 5) is 33.4. The first-order chi connectivity index (χ1) is 18.2. The number of carbonyl (C=O) groups excluding carboxylic acids is 1. The van der Waals surface area contributed by atoms with Gasteiger partial charge in [0, 0.05) is 59.2 Å². The van der Waals surface area contributed by atoms with Gasteiger partial charge in [-0.15, -0.1) is 0 Å². The highest BCUT2D eigenvalue weighted by atomic mass is 16.2. The molecule has 180 valence electrons. The van der Waals surface area contributed by atoms with Crippen molar-refractivity contribution in [3.05, 3.63) is 85.1 Å².